The first-order chi connectivity index (χ1) is 9.56. The van der Waals surface area contributed by atoms with Gasteiger partial charge in [-0.25, -0.2) is 13.1 Å². The van der Waals surface area contributed by atoms with Crippen molar-refractivity contribution in [3.63, 3.8) is 0 Å². The highest BCUT2D eigenvalue weighted by Gasteiger charge is 2.22. The molecule has 1 unspecified atom stereocenters. The summed E-state index contributed by atoms with van der Waals surface area (Å²) in [4.78, 5) is 2.54. The van der Waals surface area contributed by atoms with E-state index in [0.717, 1.165) is 31.6 Å². The van der Waals surface area contributed by atoms with Crippen LogP contribution >= 0.6 is 0 Å². The predicted molar refractivity (Wildman–Crippen MR) is 79.3 cm³/mol. The van der Waals surface area contributed by atoms with E-state index < -0.39 is 10.0 Å². The number of benzene rings is 1. The van der Waals surface area contributed by atoms with Crippen molar-refractivity contribution in [1.82, 2.24) is 4.72 Å². The number of aliphatic hydroxyl groups excluding tert-OH is 1. The maximum Gasteiger partial charge on any atom is 0.240 e. The summed E-state index contributed by atoms with van der Waals surface area (Å²) in [7, 11) is -3.37. The number of hydrogen-bond acceptors (Lipinski definition) is 4. The summed E-state index contributed by atoms with van der Waals surface area (Å²) in [6.07, 6.45) is 1.92. The monoisotopic (exact) mass is 298 g/mol. The van der Waals surface area contributed by atoms with Crippen LogP contribution in [0.1, 0.15) is 19.8 Å². The lowest BCUT2D eigenvalue weighted by Gasteiger charge is -2.19. The zero-order valence-corrected chi connectivity index (χ0v) is 12.6. The van der Waals surface area contributed by atoms with E-state index in [1.54, 1.807) is 19.1 Å². The predicted octanol–water partition coefficient (Wildman–Crippen LogP) is 1.19. The minimum atomic E-state index is -3.37. The van der Waals surface area contributed by atoms with E-state index >= 15 is 0 Å². The molecule has 1 atom stereocenters. The molecule has 2 rings (SSSR count). The second kappa shape index (κ2) is 6.56. The van der Waals surface area contributed by atoms with Gasteiger partial charge in [-0.1, -0.05) is 6.92 Å². The summed E-state index contributed by atoms with van der Waals surface area (Å²) in [6.45, 7) is 4.28. The quantitative estimate of drug-likeness (QED) is 0.828. The minimum Gasteiger partial charge on any atom is -0.396 e. The Morgan fingerprint density at radius 3 is 2.65 bits per heavy atom. The maximum atomic E-state index is 11.8. The highest BCUT2D eigenvalue weighted by atomic mass is 32.2. The van der Waals surface area contributed by atoms with Gasteiger partial charge in [-0.05, 0) is 43.0 Å². The van der Waals surface area contributed by atoms with Crippen molar-refractivity contribution in [3.05, 3.63) is 24.3 Å². The van der Waals surface area contributed by atoms with Crippen LogP contribution in [0.3, 0.4) is 0 Å². The molecule has 112 valence electrons. The van der Waals surface area contributed by atoms with Crippen molar-refractivity contribution in [1.29, 1.82) is 0 Å². The minimum absolute atomic E-state index is 0.234. The van der Waals surface area contributed by atoms with E-state index in [4.69, 9.17) is 5.11 Å². The fraction of sp³-hybridized carbons (Fsp3) is 0.571. The van der Waals surface area contributed by atoms with Crippen LogP contribution in [0.4, 0.5) is 5.69 Å². The average molecular weight is 298 g/mol. The number of rotatable bonds is 6. The zero-order valence-electron chi connectivity index (χ0n) is 11.7. The Morgan fingerprint density at radius 1 is 1.35 bits per heavy atom. The van der Waals surface area contributed by atoms with E-state index in [1.165, 1.54) is 0 Å². The van der Waals surface area contributed by atoms with E-state index in [-0.39, 0.29) is 6.61 Å². The molecular formula is C14H22N2O3S. The van der Waals surface area contributed by atoms with Gasteiger partial charge in [-0.15, -0.1) is 0 Å². The van der Waals surface area contributed by atoms with Crippen molar-refractivity contribution < 1.29 is 13.5 Å². The van der Waals surface area contributed by atoms with Gasteiger partial charge in [0.1, 0.15) is 0 Å². The molecule has 1 heterocycles. The lowest BCUT2D eigenvalue weighted by Crippen LogP contribution is -2.23. The molecule has 0 aliphatic carbocycles. The first-order valence-corrected chi connectivity index (χ1v) is 8.50. The van der Waals surface area contributed by atoms with Crippen LogP contribution in [0.5, 0.6) is 0 Å². The van der Waals surface area contributed by atoms with Crippen LogP contribution in [-0.2, 0) is 10.0 Å². The van der Waals surface area contributed by atoms with E-state index in [9.17, 15) is 8.42 Å². The molecule has 0 spiro atoms. The lowest BCUT2D eigenvalue weighted by atomic mass is 10.1. The molecule has 0 amide bonds. The van der Waals surface area contributed by atoms with Gasteiger partial charge in [0, 0.05) is 31.9 Å². The molecule has 0 radical (unpaired) electrons. The highest BCUT2D eigenvalue weighted by molar-refractivity contribution is 7.89. The van der Waals surface area contributed by atoms with Crippen LogP contribution in [-0.4, -0.2) is 39.8 Å². The van der Waals surface area contributed by atoms with Gasteiger partial charge in [-0.2, -0.15) is 0 Å². The third kappa shape index (κ3) is 3.50. The van der Waals surface area contributed by atoms with E-state index in [1.807, 2.05) is 12.1 Å². The zero-order chi connectivity index (χ0) is 14.6. The topological polar surface area (TPSA) is 69.6 Å². The molecule has 1 aliphatic heterocycles. The maximum absolute atomic E-state index is 11.8. The standard InChI is InChI=1S/C14H22N2O3S/c1-2-15-20(18,19)14-5-3-13(4-6-14)16-9-7-12(11-16)8-10-17/h3-6,12,15,17H,2,7-11H2,1H3. The highest BCUT2D eigenvalue weighted by Crippen LogP contribution is 2.26. The second-order valence-electron chi connectivity index (χ2n) is 5.11. The number of sulfonamides is 1. The number of nitrogens with one attached hydrogen (secondary N) is 1. The largest absolute Gasteiger partial charge is 0.396 e. The Bertz CT molecular complexity index is 528. The molecule has 0 aromatic heterocycles. The smallest absolute Gasteiger partial charge is 0.240 e. The molecule has 0 bridgehead atoms. The normalized spacial score (nSPS) is 19.5. The number of nitrogens with zero attached hydrogens (tertiary/aromatic N) is 1. The Labute approximate surface area is 120 Å². The molecule has 1 fully saturated rings. The Hall–Kier alpha value is -1.11. The third-order valence-corrected chi connectivity index (χ3v) is 5.23. The van der Waals surface area contributed by atoms with Crippen LogP contribution in [0.25, 0.3) is 0 Å². The molecule has 0 saturated carbocycles. The molecule has 1 aromatic rings. The van der Waals surface area contributed by atoms with Gasteiger partial charge in [0.15, 0.2) is 0 Å². The molecule has 1 aliphatic rings. The SMILES string of the molecule is CCNS(=O)(=O)c1ccc(N2CCC(CCO)C2)cc1. The molecular weight excluding hydrogens is 276 g/mol. The summed E-state index contributed by atoms with van der Waals surface area (Å²) < 4.78 is 26.2. The Balaban J connectivity index is 2.06. The first-order valence-electron chi connectivity index (χ1n) is 7.02. The van der Waals surface area contributed by atoms with Gasteiger partial charge in [0.25, 0.3) is 0 Å². The van der Waals surface area contributed by atoms with Gasteiger partial charge >= 0.3 is 0 Å². The van der Waals surface area contributed by atoms with Crippen LogP contribution in [0, 0.1) is 5.92 Å². The van der Waals surface area contributed by atoms with Crippen molar-refractivity contribution in [3.8, 4) is 0 Å². The fourth-order valence-corrected chi connectivity index (χ4v) is 3.64. The number of aliphatic hydroxyl groups is 1. The molecule has 2 N–H and O–H groups in total. The van der Waals surface area contributed by atoms with Crippen LogP contribution in [0.15, 0.2) is 29.2 Å². The lowest BCUT2D eigenvalue weighted by molar-refractivity contribution is 0.263. The summed E-state index contributed by atoms with van der Waals surface area (Å²) in [5, 5.41) is 8.97. The third-order valence-electron chi connectivity index (χ3n) is 3.67. The molecule has 20 heavy (non-hydrogen) atoms. The summed E-state index contributed by atoms with van der Waals surface area (Å²) in [5.41, 5.74) is 1.04. The van der Waals surface area contributed by atoms with Gasteiger partial charge in [0.2, 0.25) is 10.0 Å². The summed E-state index contributed by atoms with van der Waals surface area (Å²) >= 11 is 0. The molecule has 1 aromatic carbocycles. The number of hydrogen-bond donors (Lipinski definition) is 2. The Kier molecular flexibility index (Phi) is 5.01. The van der Waals surface area contributed by atoms with Crippen LogP contribution < -0.4 is 9.62 Å². The Morgan fingerprint density at radius 2 is 2.05 bits per heavy atom. The summed E-state index contributed by atoms with van der Waals surface area (Å²) in [6, 6.07) is 7.00. The summed E-state index contributed by atoms with van der Waals surface area (Å²) in [5.74, 6) is 0.533. The van der Waals surface area contributed by atoms with Crippen LogP contribution in [0.2, 0.25) is 0 Å². The van der Waals surface area contributed by atoms with Crippen molar-refractivity contribution in [2.75, 3.05) is 31.1 Å². The number of anilines is 1. The van der Waals surface area contributed by atoms with Gasteiger partial charge in [-0.3, -0.25) is 0 Å². The average Bonchev–Trinajstić information content (AvgIpc) is 2.88. The van der Waals surface area contributed by atoms with Gasteiger partial charge < -0.3 is 10.0 Å². The molecule has 5 nitrogen and oxygen atoms in total. The van der Waals surface area contributed by atoms with Crippen molar-refractivity contribution in [2.24, 2.45) is 5.92 Å². The second-order valence-corrected chi connectivity index (χ2v) is 6.88. The molecule has 1 saturated heterocycles. The first kappa shape index (κ1) is 15.3. The molecule has 6 heteroatoms. The van der Waals surface area contributed by atoms with Gasteiger partial charge in [0.05, 0.1) is 4.90 Å². The van der Waals surface area contributed by atoms with Crippen molar-refractivity contribution in [2.45, 2.75) is 24.7 Å². The van der Waals surface area contributed by atoms with E-state index in [0.29, 0.717) is 17.4 Å². The van der Waals surface area contributed by atoms with Crippen molar-refractivity contribution >= 4 is 15.7 Å². The van der Waals surface area contributed by atoms with E-state index in [2.05, 4.69) is 9.62 Å². The fourth-order valence-electron chi connectivity index (χ4n) is 2.59.